The van der Waals surface area contributed by atoms with Gasteiger partial charge in [0.2, 0.25) is 10.5 Å². The van der Waals surface area contributed by atoms with Gasteiger partial charge in [-0.15, -0.1) is 0 Å². The topological polar surface area (TPSA) is 40.8 Å². The molecule has 122 valence electrons. The van der Waals surface area contributed by atoms with Crippen LogP contribution < -0.4 is 9.30 Å². The van der Waals surface area contributed by atoms with E-state index >= 15 is 0 Å². The van der Waals surface area contributed by atoms with Crippen molar-refractivity contribution in [3.63, 3.8) is 0 Å². The summed E-state index contributed by atoms with van der Waals surface area (Å²) in [5.74, 6) is 0.881. The first-order valence-corrected chi connectivity index (χ1v) is 8.19. The molecular formula is C16H24NO4S+. The van der Waals surface area contributed by atoms with E-state index in [0.717, 1.165) is 12.3 Å². The Hall–Kier alpha value is -1.21. The molecule has 0 saturated carbocycles. The van der Waals surface area contributed by atoms with E-state index in [1.165, 1.54) is 15.2 Å². The van der Waals surface area contributed by atoms with E-state index in [-0.39, 0.29) is 0 Å². The Balaban J connectivity index is 1.82. The van der Waals surface area contributed by atoms with Crippen molar-refractivity contribution >= 4 is 21.6 Å². The number of hydrogen-bond acceptors (Lipinski definition) is 5. The van der Waals surface area contributed by atoms with Gasteiger partial charge in [-0.1, -0.05) is 11.3 Å². The van der Waals surface area contributed by atoms with Gasteiger partial charge in [-0.25, -0.2) is 0 Å². The highest BCUT2D eigenvalue weighted by molar-refractivity contribution is 7.18. The molecule has 1 heterocycles. The summed E-state index contributed by atoms with van der Waals surface area (Å²) in [6.45, 7) is 6.07. The molecule has 0 atom stereocenters. The summed E-state index contributed by atoms with van der Waals surface area (Å²) in [6.07, 6.45) is 0. The first-order chi connectivity index (χ1) is 10.8. The minimum atomic E-state index is 0.602. The minimum Gasteiger partial charge on any atom is -0.497 e. The van der Waals surface area contributed by atoms with Crippen molar-refractivity contribution in [2.75, 3.05) is 47.3 Å². The van der Waals surface area contributed by atoms with Crippen LogP contribution in [0.5, 0.6) is 5.75 Å². The van der Waals surface area contributed by atoms with Gasteiger partial charge in [0.15, 0.2) is 6.54 Å². The maximum absolute atomic E-state index is 5.63. The number of hydrogen-bond donors (Lipinski definition) is 0. The van der Waals surface area contributed by atoms with Crippen molar-refractivity contribution < 1.29 is 23.5 Å². The molecule has 5 nitrogen and oxygen atoms in total. The number of benzene rings is 1. The van der Waals surface area contributed by atoms with Crippen LogP contribution in [0.15, 0.2) is 18.2 Å². The molecule has 0 fully saturated rings. The van der Waals surface area contributed by atoms with E-state index in [1.54, 1.807) is 25.6 Å². The Labute approximate surface area is 135 Å². The summed E-state index contributed by atoms with van der Waals surface area (Å²) in [4.78, 5) is 0. The second-order valence-corrected chi connectivity index (χ2v) is 6.06. The maximum atomic E-state index is 5.63. The fourth-order valence-corrected chi connectivity index (χ4v) is 3.23. The minimum absolute atomic E-state index is 0.602. The first kappa shape index (κ1) is 17.1. The van der Waals surface area contributed by atoms with Crippen LogP contribution in [-0.2, 0) is 20.8 Å². The average molecular weight is 326 g/mol. The number of aryl methyl sites for hydroxylation is 1. The summed E-state index contributed by atoms with van der Waals surface area (Å²) in [5, 5.41) is 1.27. The van der Waals surface area contributed by atoms with Gasteiger partial charge in [0, 0.05) is 14.0 Å². The second-order valence-electron chi connectivity index (χ2n) is 4.82. The highest BCUT2D eigenvalue weighted by Crippen LogP contribution is 2.24. The Morgan fingerprint density at radius 1 is 1.00 bits per heavy atom. The second kappa shape index (κ2) is 9.05. The lowest BCUT2D eigenvalue weighted by Gasteiger charge is -2.04. The Bertz CT molecular complexity index is 585. The summed E-state index contributed by atoms with van der Waals surface area (Å²) in [6, 6.07) is 6.18. The van der Waals surface area contributed by atoms with E-state index in [9.17, 15) is 0 Å². The molecular weight excluding hydrogens is 302 g/mol. The van der Waals surface area contributed by atoms with Gasteiger partial charge >= 0.3 is 0 Å². The van der Waals surface area contributed by atoms with E-state index in [4.69, 9.17) is 18.9 Å². The normalized spacial score (nSPS) is 11.2. The molecule has 0 unspecified atom stereocenters. The van der Waals surface area contributed by atoms with Crippen LogP contribution in [0.1, 0.15) is 5.01 Å². The predicted molar refractivity (Wildman–Crippen MR) is 86.8 cm³/mol. The van der Waals surface area contributed by atoms with Crippen molar-refractivity contribution in [3.05, 3.63) is 23.2 Å². The van der Waals surface area contributed by atoms with Crippen molar-refractivity contribution in [1.29, 1.82) is 0 Å². The zero-order chi connectivity index (χ0) is 15.8. The van der Waals surface area contributed by atoms with Gasteiger partial charge in [0.1, 0.15) is 17.1 Å². The van der Waals surface area contributed by atoms with Crippen LogP contribution in [0.3, 0.4) is 0 Å². The molecule has 0 amide bonds. The van der Waals surface area contributed by atoms with E-state index in [2.05, 4.69) is 23.6 Å². The molecule has 0 aliphatic heterocycles. The number of thiazole rings is 1. The number of aromatic nitrogens is 1. The average Bonchev–Trinajstić information content (AvgIpc) is 2.84. The van der Waals surface area contributed by atoms with Crippen LogP contribution in [-0.4, -0.2) is 47.3 Å². The molecule has 0 spiro atoms. The van der Waals surface area contributed by atoms with Gasteiger partial charge in [-0.2, -0.15) is 4.57 Å². The molecule has 0 aliphatic carbocycles. The molecule has 22 heavy (non-hydrogen) atoms. The third kappa shape index (κ3) is 4.64. The molecule has 1 aromatic heterocycles. The lowest BCUT2D eigenvalue weighted by atomic mass is 10.3. The molecule has 0 bridgehead atoms. The summed E-state index contributed by atoms with van der Waals surface area (Å²) in [5.41, 5.74) is 1.20. The largest absolute Gasteiger partial charge is 0.497 e. The van der Waals surface area contributed by atoms with Crippen molar-refractivity contribution in [1.82, 2.24) is 0 Å². The Kier molecular flexibility index (Phi) is 7.05. The summed E-state index contributed by atoms with van der Waals surface area (Å²) >= 11 is 1.79. The summed E-state index contributed by atoms with van der Waals surface area (Å²) in [7, 11) is 3.36. The van der Waals surface area contributed by atoms with E-state index in [0.29, 0.717) is 33.0 Å². The smallest absolute Gasteiger partial charge is 0.235 e. The molecule has 0 aliphatic rings. The van der Waals surface area contributed by atoms with Crippen LogP contribution in [0.4, 0.5) is 0 Å². The molecule has 2 aromatic rings. The molecule has 0 saturated heterocycles. The third-order valence-corrected chi connectivity index (χ3v) is 4.44. The third-order valence-electron chi connectivity index (χ3n) is 3.36. The Morgan fingerprint density at radius 2 is 1.73 bits per heavy atom. The standard InChI is InChI=1S/C16H24NO4S/c1-13-17(6-7-20-10-11-21-9-8-18-2)15-12-14(19-3)4-5-16(15)22-13/h4-5,12H,6-11H2,1-3H3/q+1. The number of ether oxygens (including phenoxy) is 4. The lowest BCUT2D eigenvalue weighted by molar-refractivity contribution is -0.674. The Morgan fingerprint density at radius 3 is 2.45 bits per heavy atom. The summed E-state index contributed by atoms with van der Waals surface area (Å²) < 4.78 is 24.8. The number of methoxy groups -OCH3 is 2. The van der Waals surface area contributed by atoms with Crippen LogP contribution in [0.2, 0.25) is 0 Å². The SMILES string of the molecule is COCCOCCOCC[n+]1c(C)sc2ccc(OC)cc21. The van der Waals surface area contributed by atoms with Gasteiger partial charge in [0.25, 0.3) is 0 Å². The van der Waals surface area contributed by atoms with Gasteiger partial charge < -0.3 is 18.9 Å². The molecule has 0 radical (unpaired) electrons. The number of nitrogens with zero attached hydrogens (tertiary/aromatic N) is 1. The van der Waals surface area contributed by atoms with Gasteiger partial charge in [-0.3, -0.25) is 0 Å². The molecule has 2 rings (SSSR count). The van der Waals surface area contributed by atoms with Gasteiger partial charge in [0.05, 0.1) is 39.6 Å². The maximum Gasteiger partial charge on any atom is 0.235 e. The highest BCUT2D eigenvalue weighted by Gasteiger charge is 2.17. The fraction of sp³-hybridized carbons (Fsp3) is 0.562. The monoisotopic (exact) mass is 326 g/mol. The fourth-order valence-electron chi connectivity index (χ4n) is 2.20. The van der Waals surface area contributed by atoms with Crippen LogP contribution in [0, 0.1) is 6.92 Å². The van der Waals surface area contributed by atoms with Crippen LogP contribution in [0.25, 0.3) is 10.2 Å². The van der Waals surface area contributed by atoms with Gasteiger partial charge in [-0.05, 0) is 12.1 Å². The quantitative estimate of drug-likeness (QED) is 0.496. The molecule has 1 aromatic carbocycles. The van der Waals surface area contributed by atoms with E-state index < -0.39 is 0 Å². The van der Waals surface area contributed by atoms with E-state index in [1.807, 2.05) is 6.07 Å². The number of fused-ring (bicyclic) bond motifs is 1. The van der Waals surface area contributed by atoms with Crippen molar-refractivity contribution in [2.45, 2.75) is 13.5 Å². The zero-order valence-corrected chi connectivity index (χ0v) is 14.3. The number of rotatable bonds is 10. The van der Waals surface area contributed by atoms with Crippen molar-refractivity contribution in [3.8, 4) is 5.75 Å². The lowest BCUT2D eigenvalue weighted by Crippen LogP contribution is -2.37. The zero-order valence-electron chi connectivity index (χ0n) is 13.5. The van der Waals surface area contributed by atoms with Crippen LogP contribution >= 0.6 is 11.3 Å². The molecule has 0 N–H and O–H groups in total. The van der Waals surface area contributed by atoms with Crippen molar-refractivity contribution in [2.24, 2.45) is 0 Å². The predicted octanol–water partition coefficient (Wildman–Crippen LogP) is 2.19. The molecule has 6 heteroatoms. The highest BCUT2D eigenvalue weighted by atomic mass is 32.1. The first-order valence-electron chi connectivity index (χ1n) is 7.37.